The number of aryl methyl sites for hydroxylation is 1. The molecule has 2 atom stereocenters. The van der Waals surface area contributed by atoms with Crippen LogP contribution in [0.4, 0.5) is 0 Å². The molecule has 0 unspecified atom stereocenters. The number of nitrogens with one attached hydrogen (secondary N) is 1. The van der Waals surface area contributed by atoms with E-state index in [1.54, 1.807) is 6.07 Å². The molecule has 0 aliphatic heterocycles. The fraction of sp³-hybridized carbons (Fsp3) is 0.353. The Morgan fingerprint density at radius 2 is 2.00 bits per heavy atom. The van der Waals surface area contributed by atoms with Crippen LogP contribution in [-0.4, -0.2) is 28.2 Å². The second kappa shape index (κ2) is 6.24. The molecule has 6 nitrogen and oxygen atoms in total. The molecule has 0 radical (unpaired) electrons. The van der Waals surface area contributed by atoms with E-state index in [4.69, 9.17) is 9.63 Å². The summed E-state index contributed by atoms with van der Waals surface area (Å²) < 4.78 is 5.12. The average Bonchev–Trinajstić information content (AvgIpc) is 3.17. The molecule has 1 aromatic heterocycles. The lowest BCUT2D eigenvalue weighted by Gasteiger charge is -2.10. The van der Waals surface area contributed by atoms with Crippen LogP contribution in [0.2, 0.25) is 0 Å². The maximum atomic E-state index is 12.2. The van der Waals surface area contributed by atoms with Crippen molar-refractivity contribution in [3.63, 3.8) is 0 Å². The van der Waals surface area contributed by atoms with Crippen molar-refractivity contribution in [3.8, 4) is 11.3 Å². The predicted octanol–water partition coefficient (Wildman–Crippen LogP) is 2.63. The lowest BCUT2D eigenvalue weighted by Crippen LogP contribution is -2.33. The van der Waals surface area contributed by atoms with Crippen LogP contribution in [0, 0.1) is 12.8 Å². The molecule has 120 valence electrons. The molecule has 6 heteroatoms. The van der Waals surface area contributed by atoms with Crippen molar-refractivity contribution in [3.05, 3.63) is 41.7 Å². The molecule has 0 saturated heterocycles. The number of hydrogen-bond acceptors (Lipinski definition) is 4. The Labute approximate surface area is 133 Å². The minimum absolute atomic E-state index is 0.128. The number of carbonyl (C=O) groups excluding carboxylic acids is 1. The van der Waals surface area contributed by atoms with Crippen molar-refractivity contribution in [1.82, 2.24) is 10.5 Å². The molecule has 1 amide bonds. The van der Waals surface area contributed by atoms with Gasteiger partial charge in [0.2, 0.25) is 5.76 Å². The van der Waals surface area contributed by atoms with E-state index in [0.717, 1.165) is 11.1 Å². The van der Waals surface area contributed by atoms with Crippen molar-refractivity contribution in [2.45, 2.75) is 32.2 Å². The van der Waals surface area contributed by atoms with Crippen molar-refractivity contribution >= 4 is 11.9 Å². The van der Waals surface area contributed by atoms with Gasteiger partial charge in [-0.15, -0.1) is 0 Å². The van der Waals surface area contributed by atoms with E-state index in [-0.39, 0.29) is 23.6 Å². The topological polar surface area (TPSA) is 92.4 Å². The van der Waals surface area contributed by atoms with Gasteiger partial charge in [-0.3, -0.25) is 9.59 Å². The molecule has 1 aliphatic rings. The number of rotatable bonds is 4. The summed E-state index contributed by atoms with van der Waals surface area (Å²) in [5, 5.41) is 15.7. The number of carboxylic acid groups (broad SMARTS) is 1. The van der Waals surface area contributed by atoms with E-state index < -0.39 is 5.97 Å². The summed E-state index contributed by atoms with van der Waals surface area (Å²) >= 11 is 0. The molecule has 3 rings (SSSR count). The fourth-order valence-electron chi connectivity index (χ4n) is 2.84. The highest BCUT2D eigenvalue weighted by Gasteiger charge is 2.31. The van der Waals surface area contributed by atoms with Gasteiger partial charge >= 0.3 is 5.97 Å². The molecule has 23 heavy (non-hydrogen) atoms. The van der Waals surface area contributed by atoms with Crippen LogP contribution < -0.4 is 5.32 Å². The number of carboxylic acids is 1. The van der Waals surface area contributed by atoms with Gasteiger partial charge in [-0.1, -0.05) is 35.0 Å². The van der Waals surface area contributed by atoms with Gasteiger partial charge in [-0.25, -0.2) is 0 Å². The van der Waals surface area contributed by atoms with Gasteiger partial charge < -0.3 is 14.9 Å². The number of hydrogen-bond donors (Lipinski definition) is 2. The summed E-state index contributed by atoms with van der Waals surface area (Å²) in [6.07, 6.45) is 1.72. The first kappa shape index (κ1) is 15.3. The fourth-order valence-corrected chi connectivity index (χ4v) is 2.84. The highest BCUT2D eigenvalue weighted by Crippen LogP contribution is 2.26. The summed E-state index contributed by atoms with van der Waals surface area (Å²) in [7, 11) is 0. The summed E-state index contributed by atoms with van der Waals surface area (Å²) in [5.41, 5.74) is 2.62. The molecule has 2 aromatic rings. The van der Waals surface area contributed by atoms with Crippen molar-refractivity contribution in [2.24, 2.45) is 5.92 Å². The Balaban J connectivity index is 1.65. The van der Waals surface area contributed by atoms with Gasteiger partial charge in [0.05, 0.1) is 5.92 Å². The summed E-state index contributed by atoms with van der Waals surface area (Å²) in [5.74, 6) is -1.40. The van der Waals surface area contributed by atoms with Crippen molar-refractivity contribution < 1.29 is 19.2 Å². The Morgan fingerprint density at radius 3 is 2.65 bits per heavy atom. The summed E-state index contributed by atoms with van der Waals surface area (Å²) in [6.45, 7) is 2.00. The van der Waals surface area contributed by atoms with E-state index in [0.29, 0.717) is 25.0 Å². The van der Waals surface area contributed by atoms with Crippen LogP contribution in [-0.2, 0) is 4.79 Å². The number of aromatic nitrogens is 1. The van der Waals surface area contributed by atoms with E-state index >= 15 is 0 Å². The van der Waals surface area contributed by atoms with Gasteiger partial charge in [-0.2, -0.15) is 0 Å². The summed E-state index contributed by atoms with van der Waals surface area (Å²) in [4.78, 5) is 23.1. The average molecular weight is 314 g/mol. The molecule has 1 heterocycles. The highest BCUT2D eigenvalue weighted by atomic mass is 16.5. The van der Waals surface area contributed by atoms with E-state index in [9.17, 15) is 9.59 Å². The number of amides is 1. The minimum atomic E-state index is -0.803. The third-order valence-electron chi connectivity index (χ3n) is 4.20. The molecule has 1 aromatic carbocycles. The van der Waals surface area contributed by atoms with Crippen LogP contribution in [0.25, 0.3) is 11.3 Å². The highest BCUT2D eigenvalue weighted by molar-refractivity contribution is 5.92. The number of nitrogens with zero attached hydrogens (tertiary/aromatic N) is 1. The Bertz CT molecular complexity index is 720. The first-order valence-corrected chi connectivity index (χ1v) is 7.60. The third-order valence-corrected chi connectivity index (χ3v) is 4.20. The summed E-state index contributed by atoms with van der Waals surface area (Å²) in [6, 6.07) is 9.25. The number of benzene rings is 1. The zero-order valence-electron chi connectivity index (χ0n) is 12.8. The monoisotopic (exact) mass is 314 g/mol. The van der Waals surface area contributed by atoms with E-state index in [1.165, 1.54) is 0 Å². The number of carbonyl (C=O) groups is 2. The van der Waals surface area contributed by atoms with Crippen LogP contribution >= 0.6 is 0 Å². The van der Waals surface area contributed by atoms with Gasteiger partial charge in [0.15, 0.2) is 0 Å². The van der Waals surface area contributed by atoms with Crippen LogP contribution in [0.5, 0.6) is 0 Å². The largest absolute Gasteiger partial charge is 0.481 e. The third kappa shape index (κ3) is 3.41. The molecule has 1 aliphatic carbocycles. The smallest absolute Gasteiger partial charge is 0.306 e. The zero-order valence-corrected chi connectivity index (χ0v) is 12.8. The predicted molar refractivity (Wildman–Crippen MR) is 82.9 cm³/mol. The zero-order chi connectivity index (χ0) is 16.4. The maximum Gasteiger partial charge on any atom is 0.306 e. The second-order valence-corrected chi connectivity index (χ2v) is 5.96. The first-order chi connectivity index (χ1) is 11.0. The van der Waals surface area contributed by atoms with Crippen LogP contribution in [0.3, 0.4) is 0 Å². The SMILES string of the molecule is Cc1ccc(-c2cc(C(=O)N[C@H]3CC[C@@H](C(=O)O)C3)on2)cc1. The maximum absolute atomic E-state index is 12.2. The van der Waals surface area contributed by atoms with Crippen molar-refractivity contribution in [2.75, 3.05) is 0 Å². The quantitative estimate of drug-likeness (QED) is 0.905. The van der Waals surface area contributed by atoms with Gasteiger partial charge in [0.25, 0.3) is 5.91 Å². The molecule has 1 fully saturated rings. The molecular weight excluding hydrogens is 296 g/mol. The Hall–Kier alpha value is -2.63. The molecular formula is C17H18N2O4. The minimum Gasteiger partial charge on any atom is -0.481 e. The van der Waals surface area contributed by atoms with Gasteiger partial charge in [0.1, 0.15) is 5.69 Å². The lowest BCUT2D eigenvalue weighted by atomic mass is 10.1. The second-order valence-electron chi connectivity index (χ2n) is 5.96. The van der Waals surface area contributed by atoms with E-state index in [1.807, 2.05) is 31.2 Å². The first-order valence-electron chi connectivity index (χ1n) is 7.60. The van der Waals surface area contributed by atoms with E-state index in [2.05, 4.69) is 10.5 Å². The molecule has 2 N–H and O–H groups in total. The van der Waals surface area contributed by atoms with Gasteiger partial charge in [-0.05, 0) is 26.2 Å². The lowest BCUT2D eigenvalue weighted by molar-refractivity contribution is -0.141. The molecule has 0 bridgehead atoms. The van der Waals surface area contributed by atoms with Crippen molar-refractivity contribution in [1.29, 1.82) is 0 Å². The molecule has 1 saturated carbocycles. The standard InChI is InChI=1S/C17H18N2O4/c1-10-2-4-11(5-3-10)14-9-15(23-19-14)16(20)18-13-7-6-12(8-13)17(21)22/h2-5,9,12-13H,6-8H2,1H3,(H,18,20)(H,21,22)/t12-,13+/m1/s1. The number of aliphatic carboxylic acids is 1. The Kier molecular flexibility index (Phi) is 4.14. The van der Waals surface area contributed by atoms with Crippen LogP contribution in [0.1, 0.15) is 35.4 Å². The Morgan fingerprint density at radius 1 is 1.26 bits per heavy atom. The van der Waals surface area contributed by atoms with Crippen LogP contribution in [0.15, 0.2) is 34.9 Å². The van der Waals surface area contributed by atoms with Gasteiger partial charge in [0, 0.05) is 17.7 Å². The molecule has 0 spiro atoms. The normalized spacial score (nSPS) is 20.4.